The van der Waals surface area contributed by atoms with Crippen molar-refractivity contribution in [3.05, 3.63) is 65.5 Å². The molecule has 1 aliphatic rings. The number of pyridine rings is 1. The molecule has 5 nitrogen and oxygen atoms in total. The number of nitrogens with zero attached hydrogens (tertiary/aromatic N) is 2. The molecule has 1 atom stereocenters. The summed E-state index contributed by atoms with van der Waals surface area (Å²) in [5, 5.41) is 12.4. The van der Waals surface area contributed by atoms with Gasteiger partial charge in [0.1, 0.15) is 0 Å². The van der Waals surface area contributed by atoms with E-state index in [4.69, 9.17) is 5.11 Å². The molecule has 5 heteroatoms. The van der Waals surface area contributed by atoms with Crippen molar-refractivity contribution in [2.24, 2.45) is 0 Å². The SMILES string of the molecule is O=C(O)c1ccnc(CNCCC2CCCN2Cc2ccccc2)c1. The van der Waals surface area contributed by atoms with Gasteiger partial charge in [-0.2, -0.15) is 0 Å². The Morgan fingerprint density at radius 1 is 1.28 bits per heavy atom. The highest BCUT2D eigenvalue weighted by molar-refractivity contribution is 5.87. The second kappa shape index (κ2) is 8.74. The van der Waals surface area contributed by atoms with Crippen molar-refractivity contribution in [2.75, 3.05) is 13.1 Å². The smallest absolute Gasteiger partial charge is 0.335 e. The van der Waals surface area contributed by atoms with E-state index in [1.54, 1.807) is 12.3 Å². The molecule has 3 rings (SSSR count). The number of aromatic nitrogens is 1. The number of hydrogen-bond donors (Lipinski definition) is 2. The van der Waals surface area contributed by atoms with Crippen LogP contribution in [0.25, 0.3) is 0 Å². The van der Waals surface area contributed by atoms with Crippen molar-refractivity contribution in [2.45, 2.75) is 38.4 Å². The third-order valence-electron chi connectivity index (χ3n) is 4.75. The molecule has 25 heavy (non-hydrogen) atoms. The molecule has 0 spiro atoms. The van der Waals surface area contributed by atoms with Crippen LogP contribution in [0.3, 0.4) is 0 Å². The zero-order chi connectivity index (χ0) is 17.5. The van der Waals surface area contributed by atoms with E-state index in [2.05, 4.69) is 45.5 Å². The summed E-state index contributed by atoms with van der Waals surface area (Å²) in [7, 11) is 0. The summed E-state index contributed by atoms with van der Waals surface area (Å²) in [5.74, 6) is -0.911. The Morgan fingerprint density at radius 2 is 2.12 bits per heavy atom. The van der Waals surface area contributed by atoms with Crippen LogP contribution < -0.4 is 5.32 Å². The fourth-order valence-electron chi connectivity index (χ4n) is 3.44. The molecular formula is C20H25N3O2. The van der Waals surface area contributed by atoms with E-state index in [-0.39, 0.29) is 5.56 Å². The van der Waals surface area contributed by atoms with Crippen LogP contribution in [-0.4, -0.2) is 40.1 Å². The molecular weight excluding hydrogens is 314 g/mol. The summed E-state index contributed by atoms with van der Waals surface area (Å²) >= 11 is 0. The van der Waals surface area contributed by atoms with Crippen LogP contribution in [0.5, 0.6) is 0 Å². The summed E-state index contributed by atoms with van der Waals surface area (Å²) in [6.07, 6.45) is 5.17. The Hall–Kier alpha value is -2.24. The molecule has 1 aromatic carbocycles. The number of hydrogen-bond acceptors (Lipinski definition) is 4. The van der Waals surface area contributed by atoms with Gasteiger partial charge in [-0.25, -0.2) is 4.79 Å². The number of likely N-dealkylation sites (tertiary alicyclic amines) is 1. The van der Waals surface area contributed by atoms with Gasteiger partial charge in [0, 0.05) is 25.3 Å². The number of nitrogens with one attached hydrogen (secondary N) is 1. The Balaban J connectivity index is 1.43. The van der Waals surface area contributed by atoms with Gasteiger partial charge < -0.3 is 10.4 Å². The lowest BCUT2D eigenvalue weighted by molar-refractivity contribution is 0.0696. The summed E-state index contributed by atoms with van der Waals surface area (Å²) in [6, 6.07) is 14.4. The monoisotopic (exact) mass is 339 g/mol. The predicted octanol–water partition coefficient (Wildman–Crippen LogP) is 2.92. The molecule has 0 amide bonds. The van der Waals surface area contributed by atoms with Gasteiger partial charge in [0.05, 0.1) is 11.3 Å². The van der Waals surface area contributed by atoms with Crippen LogP contribution in [0.2, 0.25) is 0 Å². The highest BCUT2D eigenvalue weighted by atomic mass is 16.4. The first-order valence-electron chi connectivity index (χ1n) is 8.89. The van der Waals surface area contributed by atoms with Gasteiger partial charge in [0.25, 0.3) is 0 Å². The highest BCUT2D eigenvalue weighted by Gasteiger charge is 2.23. The van der Waals surface area contributed by atoms with E-state index >= 15 is 0 Å². The maximum Gasteiger partial charge on any atom is 0.335 e. The topological polar surface area (TPSA) is 65.5 Å². The Labute approximate surface area is 148 Å². The molecule has 0 aliphatic carbocycles. The van der Waals surface area contributed by atoms with E-state index < -0.39 is 5.97 Å². The highest BCUT2D eigenvalue weighted by Crippen LogP contribution is 2.22. The molecule has 2 heterocycles. The molecule has 2 N–H and O–H groups in total. The fraction of sp³-hybridized carbons (Fsp3) is 0.400. The van der Waals surface area contributed by atoms with Crippen LogP contribution in [-0.2, 0) is 13.1 Å². The second-order valence-corrected chi connectivity index (χ2v) is 6.56. The average Bonchev–Trinajstić information content (AvgIpc) is 3.07. The van der Waals surface area contributed by atoms with Crippen molar-refractivity contribution in [3.63, 3.8) is 0 Å². The van der Waals surface area contributed by atoms with E-state index in [1.165, 1.54) is 31.0 Å². The van der Waals surface area contributed by atoms with Gasteiger partial charge in [0.2, 0.25) is 0 Å². The Kier molecular flexibility index (Phi) is 6.14. The first kappa shape index (κ1) is 17.6. The quantitative estimate of drug-likeness (QED) is 0.724. The summed E-state index contributed by atoms with van der Waals surface area (Å²) in [6.45, 7) is 3.71. The minimum absolute atomic E-state index is 0.289. The third kappa shape index (κ3) is 5.11. The minimum Gasteiger partial charge on any atom is -0.478 e. The summed E-state index contributed by atoms with van der Waals surface area (Å²) in [4.78, 5) is 17.8. The van der Waals surface area contributed by atoms with Crippen LogP contribution >= 0.6 is 0 Å². The number of carboxylic acids is 1. The Bertz CT molecular complexity index is 690. The maximum atomic E-state index is 11.0. The van der Waals surface area contributed by atoms with E-state index in [0.717, 1.165) is 25.2 Å². The summed E-state index contributed by atoms with van der Waals surface area (Å²) < 4.78 is 0. The first-order chi connectivity index (χ1) is 12.2. The molecule has 1 aromatic heterocycles. The molecule has 2 aromatic rings. The Morgan fingerprint density at radius 3 is 2.92 bits per heavy atom. The zero-order valence-corrected chi connectivity index (χ0v) is 14.4. The fourth-order valence-corrected chi connectivity index (χ4v) is 3.44. The molecule has 1 unspecified atom stereocenters. The van der Waals surface area contributed by atoms with Crippen LogP contribution in [0.1, 0.15) is 40.9 Å². The molecule has 0 saturated carbocycles. The number of benzene rings is 1. The van der Waals surface area contributed by atoms with Crippen molar-refractivity contribution >= 4 is 5.97 Å². The second-order valence-electron chi connectivity index (χ2n) is 6.56. The third-order valence-corrected chi connectivity index (χ3v) is 4.75. The van der Waals surface area contributed by atoms with Gasteiger partial charge in [-0.3, -0.25) is 9.88 Å². The van der Waals surface area contributed by atoms with Gasteiger partial charge in [-0.15, -0.1) is 0 Å². The van der Waals surface area contributed by atoms with E-state index in [1.807, 2.05) is 0 Å². The summed E-state index contributed by atoms with van der Waals surface area (Å²) in [5.41, 5.74) is 2.43. The number of carbonyl (C=O) groups is 1. The van der Waals surface area contributed by atoms with Crippen molar-refractivity contribution < 1.29 is 9.90 Å². The standard InChI is InChI=1S/C20H25N3O2/c24-20(25)17-8-11-22-18(13-17)14-21-10-9-19-7-4-12-23(19)15-16-5-2-1-3-6-16/h1-3,5-6,8,11,13,19,21H,4,7,9-10,12,14-15H2,(H,24,25). The van der Waals surface area contributed by atoms with Gasteiger partial charge in [-0.1, -0.05) is 30.3 Å². The van der Waals surface area contributed by atoms with E-state index in [9.17, 15) is 4.79 Å². The number of aromatic carboxylic acids is 1. The maximum absolute atomic E-state index is 11.0. The molecule has 1 saturated heterocycles. The van der Waals surface area contributed by atoms with Crippen LogP contribution in [0.4, 0.5) is 0 Å². The molecule has 1 aliphatic heterocycles. The van der Waals surface area contributed by atoms with Crippen molar-refractivity contribution in [3.8, 4) is 0 Å². The van der Waals surface area contributed by atoms with Gasteiger partial charge in [-0.05, 0) is 50.0 Å². The van der Waals surface area contributed by atoms with Gasteiger partial charge in [0.15, 0.2) is 0 Å². The minimum atomic E-state index is -0.911. The largest absolute Gasteiger partial charge is 0.478 e. The molecule has 1 fully saturated rings. The predicted molar refractivity (Wildman–Crippen MR) is 97.4 cm³/mol. The average molecular weight is 339 g/mol. The molecule has 0 bridgehead atoms. The van der Waals surface area contributed by atoms with E-state index in [0.29, 0.717) is 12.6 Å². The normalized spacial score (nSPS) is 17.7. The lowest BCUT2D eigenvalue weighted by Gasteiger charge is -2.24. The molecule has 0 radical (unpaired) electrons. The van der Waals surface area contributed by atoms with Crippen molar-refractivity contribution in [1.82, 2.24) is 15.2 Å². The first-order valence-corrected chi connectivity index (χ1v) is 8.89. The van der Waals surface area contributed by atoms with Crippen LogP contribution in [0.15, 0.2) is 48.7 Å². The molecule has 132 valence electrons. The lowest BCUT2D eigenvalue weighted by Crippen LogP contribution is -2.32. The zero-order valence-electron chi connectivity index (χ0n) is 14.4. The van der Waals surface area contributed by atoms with Crippen molar-refractivity contribution in [1.29, 1.82) is 0 Å². The lowest BCUT2D eigenvalue weighted by atomic mass is 10.1. The van der Waals surface area contributed by atoms with Crippen LogP contribution in [0, 0.1) is 0 Å². The number of carboxylic acid groups (broad SMARTS) is 1. The van der Waals surface area contributed by atoms with Gasteiger partial charge >= 0.3 is 5.97 Å². The number of rotatable bonds is 8.